The minimum atomic E-state index is -1.08. The van der Waals surface area contributed by atoms with Crippen LogP contribution in [0.15, 0.2) is 24.3 Å². The van der Waals surface area contributed by atoms with Crippen molar-refractivity contribution >= 4 is 34.1 Å². The molecule has 10 heteroatoms. The zero-order valence-corrected chi connectivity index (χ0v) is 21.0. The maximum atomic E-state index is 14.4. The molecule has 1 aromatic heterocycles. The highest BCUT2D eigenvalue weighted by atomic mass is 32.2. The highest BCUT2D eigenvalue weighted by molar-refractivity contribution is 7.91. The van der Waals surface area contributed by atoms with E-state index in [1.54, 1.807) is 0 Å². The van der Waals surface area contributed by atoms with Gasteiger partial charge < -0.3 is 14.8 Å². The molecule has 1 amide bonds. The number of nitriles is 1. The quantitative estimate of drug-likeness (QED) is 0.578. The van der Waals surface area contributed by atoms with Gasteiger partial charge in [0.05, 0.1) is 29.7 Å². The Kier molecular flexibility index (Phi) is 7.02. The molecule has 1 saturated heterocycles. The van der Waals surface area contributed by atoms with Gasteiger partial charge in [-0.1, -0.05) is 23.3 Å². The summed E-state index contributed by atoms with van der Waals surface area (Å²) in [6.07, 6.45) is 0.992. The molecular formula is C25H28F2N4O2S2. The predicted molar refractivity (Wildman–Crippen MR) is 133 cm³/mol. The molecule has 0 bridgehead atoms. The average molecular weight is 519 g/mol. The van der Waals surface area contributed by atoms with Crippen molar-refractivity contribution < 1.29 is 18.1 Å². The van der Waals surface area contributed by atoms with Crippen molar-refractivity contribution in [2.45, 2.75) is 56.4 Å². The third-order valence-electron chi connectivity index (χ3n) is 7.29. The molecule has 3 aliphatic rings. The van der Waals surface area contributed by atoms with Crippen molar-refractivity contribution in [3.63, 3.8) is 0 Å². The van der Waals surface area contributed by atoms with E-state index in [-0.39, 0.29) is 18.2 Å². The number of carbonyl (C=O) groups excluding carboxylic acids is 1. The van der Waals surface area contributed by atoms with Crippen molar-refractivity contribution in [2.24, 2.45) is 5.92 Å². The Balaban J connectivity index is 1.42. The first-order valence-corrected chi connectivity index (χ1v) is 14.3. The Hall–Kier alpha value is -2.22. The summed E-state index contributed by atoms with van der Waals surface area (Å²) >= 11 is 0.527. The van der Waals surface area contributed by atoms with Crippen molar-refractivity contribution in [2.75, 3.05) is 29.5 Å². The molecule has 2 aliphatic carbocycles. The molecule has 1 aliphatic heterocycles. The highest BCUT2D eigenvalue weighted by Gasteiger charge is 2.48. The van der Waals surface area contributed by atoms with Crippen LogP contribution in [-0.4, -0.2) is 51.7 Å². The van der Waals surface area contributed by atoms with Crippen LogP contribution in [0.2, 0.25) is 0 Å². The topological polar surface area (TPSA) is 92.1 Å². The second-order valence-corrected chi connectivity index (χ2v) is 12.4. The normalized spacial score (nSPS) is 26.2. The van der Waals surface area contributed by atoms with Gasteiger partial charge in [0.2, 0.25) is 5.91 Å². The van der Waals surface area contributed by atoms with Gasteiger partial charge in [-0.05, 0) is 49.8 Å². The number of anilines is 1. The third-order valence-corrected chi connectivity index (χ3v) is 9.65. The fourth-order valence-corrected chi connectivity index (χ4v) is 7.11. The van der Waals surface area contributed by atoms with Crippen molar-refractivity contribution in [1.82, 2.24) is 10.3 Å². The fourth-order valence-electron chi connectivity index (χ4n) is 5.07. The minimum Gasteiger partial charge on any atom is -0.616 e. The number of aromatic nitrogens is 1. The molecule has 6 nitrogen and oxygen atoms in total. The summed E-state index contributed by atoms with van der Waals surface area (Å²) in [5.41, 5.74) is 1.76. The Morgan fingerprint density at radius 3 is 2.63 bits per heavy atom. The van der Waals surface area contributed by atoms with Crippen LogP contribution in [0.3, 0.4) is 0 Å². The monoisotopic (exact) mass is 518 g/mol. The van der Waals surface area contributed by atoms with Crippen LogP contribution in [-0.2, 0) is 22.6 Å². The first kappa shape index (κ1) is 24.5. The van der Waals surface area contributed by atoms with Gasteiger partial charge in [-0.25, -0.2) is 13.8 Å². The lowest BCUT2D eigenvalue weighted by molar-refractivity contribution is -0.128. The van der Waals surface area contributed by atoms with Crippen LogP contribution in [0.5, 0.6) is 0 Å². The Morgan fingerprint density at radius 1 is 1.29 bits per heavy atom. The average Bonchev–Trinajstić information content (AvgIpc) is 3.52. The lowest BCUT2D eigenvalue weighted by Crippen LogP contribution is -2.44. The SMILES string of the molecule is N#CC1(NC(=O)C2C[C@@H](F)CC[C@H]2c2nc(CF)sc2-c2ccc(N3CC[S+]([O-])CC3)cc2)CC1. The second-order valence-electron chi connectivity index (χ2n) is 9.64. The Morgan fingerprint density at radius 2 is 2.00 bits per heavy atom. The van der Waals surface area contributed by atoms with Gasteiger partial charge in [0.15, 0.2) is 0 Å². The number of carbonyl (C=O) groups is 1. The molecule has 0 radical (unpaired) electrons. The number of hydrogen-bond donors (Lipinski definition) is 1. The zero-order valence-electron chi connectivity index (χ0n) is 19.3. The zero-order chi connectivity index (χ0) is 24.6. The molecule has 186 valence electrons. The number of nitrogens with zero attached hydrogens (tertiary/aromatic N) is 3. The molecule has 5 rings (SSSR count). The summed E-state index contributed by atoms with van der Waals surface area (Å²) in [5.74, 6) is 0.0316. The number of amides is 1. The van der Waals surface area contributed by atoms with Crippen molar-refractivity contribution in [3.8, 4) is 16.5 Å². The first-order chi connectivity index (χ1) is 16.9. The van der Waals surface area contributed by atoms with Gasteiger partial charge in [0.25, 0.3) is 0 Å². The molecular weight excluding hydrogens is 490 g/mol. The number of nitrogens with one attached hydrogen (secondary N) is 1. The van der Waals surface area contributed by atoms with Crippen LogP contribution in [0.25, 0.3) is 10.4 Å². The van der Waals surface area contributed by atoms with Gasteiger partial charge in [-0.2, -0.15) is 5.26 Å². The van der Waals surface area contributed by atoms with E-state index in [1.807, 2.05) is 24.3 Å². The summed E-state index contributed by atoms with van der Waals surface area (Å²) in [4.78, 5) is 20.7. The van der Waals surface area contributed by atoms with Crippen molar-refractivity contribution in [3.05, 3.63) is 35.0 Å². The molecule has 1 unspecified atom stereocenters. The molecule has 1 aromatic carbocycles. The molecule has 35 heavy (non-hydrogen) atoms. The number of alkyl halides is 2. The van der Waals surface area contributed by atoms with Crippen LogP contribution >= 0.6 is 11.3 Å². The molecule has 1 N–H and O–H groups in total. The maximum Gasteiger partial charge on any atom is 0.225 e. The predicted octanol–water partition coefficient (Wildman–Crippen LogP) is 4.24. The highest BCUT2D eigenvalue weighted by Crippen LogP contribution is 2.46. The van der Waals surface area contributed by atoms with E-state index in [2.05, 4.69) is 21.3 Å². The van der Waals surface area contributed by atoms with E-state index in [9.17, 15) is 23.4 Å². The van der Waals surface area contributed by atoms with Crippen LogP contribution in [0, 0.1) is 17.2 Å². The number of thiazole rings is 1. The fraction of sp³-hybridized carbons (Fsp3) is 0.560. The number of hydrogen-bond acceptors (Lipinski definition) is 6. The summed E-state index contributed by atoms with van der Waals surface area (Å²) in [7, 11) is 0. The summed E-state index contributed by atoms with van der Waals surface area (Å²) in [6, 6.07) is 10.1. The number of benzene rings is 1. The molecule has 2 saturated carbocycles. The van der Waals surface area contributed by atoms with Gasteiger partial charge in [0.1, 0.15) is 34.9 Å². The van der Waals surface area contributed by atoms with Crippen LogP contribution in [0.4, 0.5) is 14.5 Å². The van der Waals surface area contributed by atoms with E-state index >= 15 is 0 Å². The third kappa shape index (κ3) is 5.18. The van der Waals surface area contributed by atoms with Gasteiger partial charge in [-0.3, -0.25) is 4.79 Å². The van der Waals surface area contributed by atoms with E-state index in [0.29, 0.717) is 47.9 Å². The van der Waals surface area contributed by atoms with Crippen LogP contribution < -0.4 is 10.2 Å². The number of halogens is 2. The van der Waals surface area contributed by atoms with Gasteiger partial charge in [-0.15, -0.1) is 11.3 Å². The molecule has 3 atom stereocenters. The largest absolute Gasteiger partial charge is 0.616 e. The maximum absolute atomic E-state index is 14.4. The molecule has 2 aromatic rings. The summed E-state index contributed by atoms with van der Waals surface area (Å²) in [6.45, 7) is 0.794. The smallest absolute Gasteiger partial charge is 0.225 e. The lowest BCUT2D eigenvalue weighted by Gasteiger charge is -2.32. The van der Waals surface area contributed by atoms with E-state index < -0.39 is 35.5 Å². The molecule has 2 heterocycles. The summed E-state index contributed by atoms with van der Waals surface area (Å²) in [5, 5.41) is 12.6. The van der Waals surface area contributed by atoms with E-state index in [0.717, 1.165) is 29.2 Å². The lowest BCUT2D eigenvalue weighted by atomic mass is 9.75. The minimum absolute atomic E-state index is 0.0786. The standard InChI is InChI=1S/C25H28F2N4O2S2/c26-14-21-29-22(19-6-3-17(27)13-20(19)24(32)30-25(15-28)7-8-25)23(34-21)16-1-4-18(5-2-16)31-9-11-35(33)12-10-31/h1-2,4-5,17,19-20H,3,6-14H2,(H,30,32)/t17-,19+,20?/m0/s1. The number of rotatable bonds is 6. The summed E-state index contributed by atoms with van der Waals surface area (Å²) < 4.78 is 39.8. The first-order valence-electron chi connectivity index (χ1n) is 12.0. The van der Waals surface area contributed by atoms with Gasteiger partial charge >= 0.3 is 0 Å². The van der Waals surface area contributed by atoms with Gasteiger partial charge in [0, 0.05) is 17.5 Å². The van der Waals surface area contributed by atoms with E-state index in [1.165, 1.54) is 11.3 Å². The Labute approximate surface area is 210 Å². The second kappa shape index (κ2) is 10.0. The van der Waals surface area contributed by atoms with E-state index in [4.69, 9.17) is 0 Å². The molecule has 0 spiro atoms. The van der Waals surface area contributed by atoms with Crippen LogP contribution in [0.1, 0.15) is 48.7 Å². The van der Waals surface area contributed by atoms with Crippen molar-refractivity contribution in [1.29, 1.82) is 5.26 Å². The Bertz CT molecular complexity index is 1110. The molecule has 3 fully saturated rings.